The first-order valence-electron chi connectivity index (χ1n) is 5.70. The molecule has 4 N–H and O–H groups in total. The number of carbonyl (C=O) groups excluding carboxylic acids is 1. The number of aromatic amines is 1. The van der Waals surface area contributed by atoms with E-state index in [0.29, 0.717) is 18.8 Å². The SMILES string of the molecule is NCc1nc(C(=O)NCCCc2ncc[nH]2)cs1. The fraction of sp³-hybridized carbons (Fsp3) is 0.364. The van der Waals surface area contributed by atoms with E-state index in [1.54, 1.807) is 17.8 Å². The highest BCUT2D eigenvalue weighted by Gasteiger charge is 2.09. The highest BCUT2D eigenvalue weighted by atomic mass is 32.1. The number of carbonyl (C=O) groups is 1. The van der Waals surface area contributed by atoms with E-state index in [9.17, 15) is 4.79 Å². The van der Waals surface area contributed by atoms with Crippen LogP contribution in [-0.4, -0.2) is 27.4 Å². The third-order valence-electron chi connectivity index (χ3n) is 2.39. The predicted octanol–water partition coefficient (Wildman–Crippen LogP) is 0.687. The third-order valence-corrected chi connectivity index (χ3v) is 3.26. The van der Waals surface area contributed by atoms with E-state index in [0.717, 1.165) is 23.7 Å². The molecule has 0 unspecified atom stereocenters. The maximum atomic E-state index is 11.7. The number of hydrogen-bond donors (Lipinski definition) is 3. The van der Waals surface area contributed by atoms with E-state index in [2.05, 4.69) is 20.3 Å². The molecule has 0 aliphatic rings. The molecule has 0 fully saturated rings. The molecule has 0 bridgehead atoms. The number of nitrogens with two attached hydrogens (primary N) is 1. The van der Waals surface area contributed by atoms with Gasteiger partial charge in [0.15, 0.2) is 0 Å². The highest BCUT2D eigenvalue weighted by molar-refractivity contribution is 7.09. The normalized spacial score (nSPS) is 10.5. The summed E-state index contributed by atoms with van der Waals surface area (Å²) in [5.41, 5.74) is 5.89. The van der Waals surface area contributed by atoms with Crippen molar-refractivity contribution < 1.29 is 4.79 Å². The van der Waals surface area contributed by atoms with Gasteiger partial charge < -0.3 is 16.0 Å². The molecule has 2 heterocycles. The van der Waals surface area contributed by atoms with E-state index in [4.69, 9.17) is 5.73 Å². The number of nitrogens with zero attached hydrogens (tertiary/aromatic N) is 2. The second-order valence-electron chi connectivity index (χ2n) is 3.73. The number of hydrogen-bond acceptors (Lipinski definition) is 5. The van der Waals surface area contributed by atoms with E-state index < -0.39 is 0 Å². The molecule has 2 aromatic rings. The maximum Gasteiger partial charge on any atom is 0.270 e. The van der Waals surface area contributed by atoms with Gasteiger partial charge in [-0.05, 0) is 6.42 Å². The lowest BCUT2D eigenvalue weighted by atomic mass is 10.3. The highest BCUT2D eigenvalue weighted by Crippen LogP contribution is 2.08. The number of aryl methyl sites for hydroxylation is 1. The molecule has 6 nitrogen and oxygen atoms in total. The Labute approximate surface area is 109 Å². The van der Waals surface area contributed by atoms with Gasteiger partial charge in [0.05, 0.1) is 0 Å². The lowest BCUT2D eigenvalue weighted by Crippen LogP contribution is -2.25. The Bertz CT molecular complexity index is 493. The Balaban J connectivity index is 1.71. The van der Waals surface area contributed by atoms with Gasteiger partial charge in [-0.3, -0.25) is 4.79 Å². The van der Waals surface area contributed by atoms with Gasteiger partial charge in [-0.25, -0.2) is 9.97 Å². The van der Waals surface area contributed by atoms with E-state index in [1.807, 2.05) is 0 Å². The molecule has 0 atom stereocenters. The van der Waals surface area contributed by atoms with E-state index in [1.165, 1.54) is 11.3 Å². The van der Waals surface area contributed by atoms with Gasteiger partial charge in [-0.2, -0.15) is 0 Å². The van der Waals surface area contributed by atoms with Crippen LogP contribution in [0.1, 0.15) is 27.7 Å². The maximum absolute atomic E-state index is 11.7. The van der Waals surface area contributed by atoms with Crippen LogP contribution in [0.25, 0.3) is 0 Å². The summed E-state index contributed by atoms with van der Waals surface area (Å²) in [6.07, 6.45) is 5.17. The monoisotopic (exact) mass is 265 g/mol. The molecule has 0 aliphatic heterocycles. The Kier molecular flexibility index (Phi) is 4.43. The minimum atomic E-state index is -0.148. The molecule has 0 aromatic carbocycles. The van der Waals surface area contributed by atoms with Crippen LogP contribution < -0.4 is 11.1 Å². The van der Waals surface area contributed by atoms with Crippen molar-refractivity contribution in [2.24, 2.45) is 5.73 Å². The van der Waals surface area contributed by atoms with Crippen LogP contribution in [0.2, 0.25) is 0 Å². The third kappa shape index (κ3) is 3.38. The minimum Gasteiger partial charge on any atom is -0.351 e. The van der Waals surface area contributed by atoms with Crippen LogP contribution in [0.15, 0.2) is 17.8 Å². The van der Waals surface area contributed by atoms with E-state index in [-0.39, 0.29) is 5.91 Å². The van der Waals surface area contributed by atoms with Gasteiger partial charge >= 0.3 is 0 Å². The standard InChI is InChI=1S/C11H15N5OS/c12-6-10-16-8(7-18-10)11(17)15-3-1-2-9-13-4-5-14-9/h4-5,7H,1-3,6,12H2,(H,13,14)(H,15,17). The van der Waals surface area contributed by atoms with Gasteiger partial charge in [-0.15, -0.1) is 11.3 Å². The predicted molar refractivity (Wildman–Crippen MR) is 69.2 cm³/mol. The van der Waals surface area contributed by atoms with Crippen LogP contribution in [-0.2, 0) is 13.0 Å². The summed E-state index contributed by atoms with van der Waals surface area (Å²) in [5, 5.41) is 5.32. The van der Waals surface area contributed by atoms with Gasteiger partial charge in [0.2, 0.25) is 0 Å². The molecule has 0 saturated carbocycles. The number of H-pyrrole nitrogens is 1. The Hall–Kier alpha value is -1.73. The van der Waals surface area contributed by atoms with Crippen molar-refractivity contribution in [1.29, 1.82) is 0 Å². The van der Waals surface area contributed by atoms with Crippen molar-refractivity contribution >= 4 is 17.2 Å². The summed E-state index contributed by atoms with van der Waals surface area (Å²) >= 11 is 1.40. The Morgan fingerprint density at radius 2 is 2.44 bits per heavy atom. The van der Waals surface area contributed by atoms with Gasteiger partial charge in [-0.1, -0.05) is 0 Å². The summed E-state index contributed by atoms with van der Waals surface area (Å²) in [4.78, 5) is 23.0. The van der Waals surface area contributed by atoms with Crippen molar-refractivity contribution in [2.75, 3.05) is 6.54 Å². The van der Waals surface area contributed by atoms with Crippen molar-refractivity contribution in [3.8, 4) is 0 Å². The Morgan fingerprint density at radius 3 is 3.11 bits per heavy atom. The average Bonchev–Trinajstić information content (AvgIpc) is 3.05. The van der Waals surface area contributed by atoms with Crippen molar-refractivity contribution in [2.45, 2.75) is 19.4 Å². The van der Waals surface area contributed by atoms with Crippen molar-refractivity contribution in [3.63, 3.8) is 0 Å². The molecule has 0 saturated heterocycles. The summed E-state index contributed by atoms with van der Waals surface area (Å²) in [6.45, 7) is 0.978. The molecule has 0 radical (unpaired) electrons. The van der Waals surface area contributed by atoms with Crippen molar-refractivity contribution in [1.82, 2.24) is 20.3 Å². The first kappa shape index (κ1) is 12.7. The molecule has 2 rings (SSSR count). The molecule has 1 amide bonds. The molecule has 96 valence electrons. The van der Waals surface area contributed by atoms with Crippen LogP contribution in [0, 0.1) is 0 Å². The summed E-state index contributed by atoms with van der Waals surface area (Å²) < 4.78 is 0. The average molecular weight is 265 g/mol. The number of amides is 1. The van der Waals surface area contributed by atoms with Gasteiger partial charge in [0.25, 0.3) is 5.91 Å². The molecule has 0 aliphatic carbocycles. The van der Waals surface area contributed by atoms with Crippen LogP contribution in [0.3, 0.4) is 0 Å². The molecule has 18 heavy (non-hydrogen) atoms. The molecule has 0 spiro atoms. The fourth-order valence-electron chi connectivity index (χ4n) is 1.49. The number of thiazole rings is 1. The lowest BCUT2D eigenvalue weighted by molar-refractivity contribution is 0.0948. The van der Waals surface area contributed by atoms with Gasteiger partial charge in [0.1, 0.15) is 16.5 Å². The fourth-order valence-corrected chi connectivity index (χ4v) is 2.15. The zero-order valence-corrected chi connectivity index (χ0v) is 10.7. The molecule has 7 heteroatoms. The molecular formula is C11H15N5OS. The second kappa shape index (κ2) is 6.27. The molecule has 2 aromatic heterocycles. The summed E-state index contributed by atoms with van der Waals surface area (Å²) in [7, 11) is 0. The topological polar surface area (TPSA) is 96.7 Å². The van der Waals surface area contributed by atoms with E-state index >= 15 is 0 Å². The smallest absolute Gasteiger partial charge is 0.270 e. The number of rotatable bonds is 6. The zero-order valence-electron chi connectivity index (χ0n) is 9.85. The largest absolute Gasteiger partial charge is 0.351 e. The molecular weight excluding hydrogens is 250 g/mol. The van der Waals surface area contributed by atoms with Crippen LogP contribution in [0.5, 0.6) is 0 Å². The second-order valence-corrected chi connectivity index (χ2v) is 4.67. The first-order valence-corrected chi connectivity index (χ1v) is 6.58. The number of imidazole rings is 1. The zero-order chi connectivity index (χ0) is 12.8. The Morgan fingerprint density at radius 1 is 1.56 bits per heavy atom. The lowest BCUT2D eigenvalue weighted by Gasteiger charge is -2.01. The quantitative estimate of drug-likeness (QED) is 0.669. The first-order chi connectivity index (χ1) is 8.79. The van der Waals surface area contributed by atoms with Crippen molar-refractivity contribution in [3.05, 3.63) is 34.3 Å². The van der Waals surface area contributed by atoms with Gasteiger partial charge in [0, 0.05) is 37.3 Å². The van der Waals surface area contributed by atoms with Crippen LogP contribution >= 0.6 is 11.3 Å². The summed E-state index contributed by atoms with van der Waals surface area (Å²) in [6, 6.07) is 0. The summed E-state index contributed by atoms with van der Waals surface area (Å²) in [5.74, 6) is 0.786. The van der Waals surface area contributed by atoms with Crippen LogP contribution in [0.4, 0.5) is 0 Å². The minimum absolute atomic E-state index is 0.148. The number of nitrogens with one attached hydrogen (secondary N) is 2. The number of aromatic nitrogens is 3.